The highest BCUT2D eigenvalue weighted by Crippen LogP contribution is 2.33. The molecule has 0 aliphatic rings. The van der Waals surface area contributed by atoms with Gasteiger partial charge in [-0.2, -0.15) is 8.78 Å². The Kier molecular flexibility index (Phi) is 2.48. The summed E-state index contributed by atoms with van der Waals surface area (Å²) in [5.41, 5.74) is -0.642. The Bertz CT molecular complexity index is 344. The number of allylic oxidation sites excluding steroid dienone is 1. The van der Waals surface area contributed by atoms with Crippen LogP contribution in [0.25, 0.3) is 0 Å². The van der Waals surface area contributed by atoms with Crippen molar-refractivity contribution in [1.29, 1.82) is 0 Å². The lowest BCUT2D eigenvalue weighted by Crippen LogP contribution is -2.14. The van der Waals surface area contributed by atoms with Crippen molar-refractivity contribution < 1.29 is 8.78 Å². The number of hydrogen-bond donors (Lipinski definition) is 0. The molecule has 0 aromatic heterocycles. The van der Waals surface area contributed by atoms with Crippen molar-refractivity contribution in [3.05, 3.63) is 48.0 Å². The fourth-order valence-corrected chi connectivity index (χ4v) is 0.912. The first-order valence-electron chi connectivity index (χ1n) is 3.68. The zero-order valence-electron chi connectivity index (χ0n) is 6.93. The first-order valence-corrected chi connectivity index (χ1v) is 3.68. The molecule has 66 valence electrons. The van der Waals surface area contributed by atoms with Crippen molar-refractivity contribution in [2.75, 3.05) is 0 Å². The summed E-state index contributed by atoms with van der Waals surface area (Å²) in [5, 5.41) is 0. The van der Waals surface area contributed by atoms with Gasteiger partial charge in [-0.05, 0) is 0 Å². The third-order valence-corrected chi connectivity index (χ3v) is 1.69. The number of benzene rings is 1. The van der Waals surface area contributed by atoms with Gasteiger partial charge >= 0.3 is 5.92 Å². The highest BCUT2D eigenvalue weighted by Gasteiger charge is 2.33. The molecule has 0 aliphatic heterocycles. The summed E-state index contributed by atoms with van der Waals surface area (Å²) in [6.45, 7) is 3.14. The summed E-state index contributed by atoms with van der Waals surface area (Å²) < 4.78 is 26.6. The first-order chi connectivity index (χ1) is 6.09. The standard InChI is InChI=1S/C11H8F2/c1-3-9(2)11(12,13)10-7-5-4-6-8-10/h1,4-8H,2H2. The summed E-state index contributed by atoms with van der Waals surface area (Å²) in [5.74, 6) is -1.27. The fraction of sp³-hybridized carbons (Fsp3) is 0.0909. The molecule has 1 aromatic carbocycles. The fourth-order valence-electron chi connectivity index (χ4n) is 0.912. The lowest BCUT2D eigenvalue weighted by atomic mass is 10.0. The van der Waals surface area contributed by atoms with Gasteiger partial charge in [0.1, 0.15) is 0 Å². The molecule has 2 heteroatoms. The van der Waals surface area contributed by atoms with E-state index in [2.05, 4.69) is 6.58 Å². The number of alkyl halides is 2. The molecule has 0 bridgehead atoms. The second kappa shape index (κ2) is 3.40. The van der Waals surface area contributed by atoms with Crippen LogP contribution in [-0.4, -0.2) is 0 Å². The molecule has 1 rings (SSSR count). The van der Waals surface area contributed by atoms with Crippen LogP contribution in [0.1, 0.15) is 5.56 Å². The van der Waals surface area contributed by atoms with Crippen molar-refractivity contribution in [1.82, 2.24) is 0 Å². The summed E-state index contributed by atoms with van der Waals surface area (Å²) in [6, 6.07) is 7.38. The van der Waals surface area contributed by atoms with Gasteiger partial charge in [0.05, 0.1) is 5.57 Å². The molecular formula is C11H8F2. The smallest absolute Gasteiger partial charge is 0.195 e. The predicted molar refractivity (Wildman–Crippen MR) is 48.3 cm³/mol. The van der Waals surface area contributed by atoms with E-state index < -0.39 is 11.5 Å². The Labute approximate surface area is 75.9 Å². The Hall–Kier alpha value is -1.62. The van der Waals surface area contributed by atoms with Gasteiger partial charge in [-0.25, -0.2) is 0 Å². The zero-order chi connectivity index (χ0) is 9.90. The van der Waals surface area contributed by atoms with Crippen LogP contribution >= 0.6 is 0 Å². The average molecular weight is 178 g/mol. The van der Waals surface area contributed by atoms with Gasteiger partial charge in [-0.3, -0.25) is 0 Å². The second-order valence-corrected chi connectivity index (χ2v) is 2.56. The van der Waals surface area contributed by atoms with Gasteiger partial charge in [0.25, 0.3) is 0 Å². The molecule has 0 unspecified atom stereocenters. The maximum atomic E-state index is 13.3. The molecule has 0 atom stereocenters. The van der Waals surface area contributed by atoms with Crippen LogP contribution < -0.4 is 0 Å². The SMILES string of the molecule is C#CC(=C)C(F)(F)c1ccccc1. The third kappa shape index (κ3) is 1.75. The van der Waals surface area contributed by atoms with Gasteiger partial charge in [-0.1, -0.05) is 42.8 Å². The van der Waals surface area contributed by atoms with E-state index in [1.165, 1.54) is 24.3 Å². The van der Waals surface area contributed by atoms with E-state index in [1.807, 2.05) is 5.92 Å². The minimum absolute atomic E-state index is 0.127. The number of rotatable bonds is 2. The Morgan fingerprint density at radius 1 is 1.31 bits per heavy atom. The highest BCUT2D eigenvalue weighted by atomic mass is 19.3. The number of hydrogen-bond acceptors (Lipinski definition) is 0. The molecule has 0 fully saturated rings. The van der Waals surface area contributed by atoms with Crippen LogP contribution in [0.5, 0.6) is 0 Å². The summed E-state index contributed by atoms with van der Waals surface area (Å²) in [6.07, 6.45) is 4.87. The lowest BCUT2D eigenvalue weighted by Gasteiger charge is -2.15. The normalized spacial score (nSPS) is 10.5. The molecule has 0 aliphatic carbocycles. The molecule has 0 amide bonds. The average Bonchev–Trinajstić information content (AvgIpc) is 2.18. The van der Waals surface area contributed by atoms with E-state index in [0.717, 1.165) is 0 Å². The highest BCUT2D eigenvalue weighted by molar-refractivity contribution is 5.37. The Morgan fingerprint density at radius 3 is 2.31 bits per heavy atom. The van der Waals surface area contributed by atoms with E-state index >= 15 is 0 Å². The maximum Gasteiger partial charge on any atom is 0.305 e. The summed E-state index contributed by atoms with van der Waals surface area (Å²) in [4.78, 5) is 0. The molecule has 0 saturated heterocycles. The zero-order valence-corrected chi connectivity index (χ0v) is 6.93. The molecule has 0 heterocycles. The van der Waals surface area contributed by atoms with E-state index in [-0.39, 0.29) is 5.56 Å². The third-order valence-electron chi connectivity index (χ3n) is 1.69. The van der Waals surface area contributed by atoms with E-state index in [1.54, 1.807) is 6.07 Å². The molecule has 0 saturated carbocycles. The van der Waals surface area contributed by atoms with Crippen LogP contribution in [-0.2, 0) is 5.92 Å². The van der Waals surface area contributed by atoms with Gasteiger partial charge in [0.15, 0.2) is 0 Å². The predicted octanol–water partition coefficient (Wildman–Crippen LogP) is 2.97. The van der Waals surface area contributed by atoms with Crippen LogP contribution in [0.3, 0.4) is 0 Å². The van der Waals surface area contributed by atoms with Crippen LogP contribution in [0.15, 0.2) is 42.5 Å². The van der Waals surface area contributed by atoms with Crippen molar-refractivity contribution in [2.45, 2.75) is 5.92 Å². The van der Waals surface area contributed by atoms with Crippen molar-refractivity contribution in [2.24, 2.45) is 0 Å². The largest absolute Gasteiger partial charge is 0.305 e. The monoisotopic (exact) mass is 178 g/mol. The van der Waals surface area contributed by atoms with Gasteiger partial charge in [-0.15, -0.1) is 6.42 Å². The molecular weight excluding hydrogens is 170 g/mol. The Balaban J connectivity index is 3.09. The number of halogens is 2. The van der Waals surface area contributed by atoms with Gasteiger partial charge in [0, 0.05) is 5.56 Å². The molecule has 0 spiro atoms. The Morgan fingerprint density at radius 2 is 1.85 bits per heavy atom. The van der Waals surface area contributed by atoms with Gasteiger partial charge in [0.2, 0.25) is 0 Å². The van der Waals surface area contributed by atoms with Crippen LogP contribution in [0, 0.1) is 12.3 Å². The first kappa shape index (κ1) is 9.47. The van der Waals surface area contributed by atoms with Crippen LogP contribution in [0.2, 0.25) is 0 Å². The van der Waals surface area contributed by atoms with Crippen molar-refractivity contribution in [3.63, 3.8) is 0 Å². The molecule has 0 nitrogen and oxygen atoms in total. The second-order valence-electron chi connectivity index (χ2n) is 2.56. The van der Waals surface area contributed by atoms with E-state index in [4.69, 9.17) is 6.42 Å². The summed E-state index contributed by atoms with van der Waals surface area (Å²) in [7, 11) is 0. The molecule has 0 N–H and O–H groups in total. The number of terminal acetylenes is 1. The van der Waals surface area contributed by atoms with Gasteiger partial charge < -0.3 is 0 Å². The molecule has 13 heavy (non-hydrogen) atoms. The molecule has 0 radical (unpaired) electrons. The van der Waals surface area contributed by atoms with E-state index in [9.17, 15) is 8.78 Å². The quantitative estimate of drug-likeness (QED) is 0.611. The minimum atomic E-state index is -3.13. The maximum absolute atomic E-state index is 13.3. The van der Waals surface area contributed by atoms with Crippen molar-refractivity contribution in [3.8, 4) is 12.3 Å². The topological polar surface area (TPSA) is 0 Å². The minimum Gasteiger partial charge on any atom is -0.195 e. The van der Waals surface area contributed by atoms with Crippen molar-refractivity contribution >= 4 is 0 Å². The van der Waals surface area contributed by atoms with E-state index in [0.29, 0.717) is 0 Å². The summed E-state index contributed by atoms with van der Waals surface area (Å²) >= 11 is 0. The van der Waals surface area contributed by atoms with Crippen LogP contribution in [0.4, 0.5) is 8.78 Å². The molecule has 1 aromatic rings. The lowest BCUT2D eigenvalue weighted by molar-refractivity contribution is 0.0438.